The third-order valence-corrected chi connectivity index (χ3v) is 4.12. The summed E-state index contributed by atoms with van der Waals surface area (Å²) < 4.78 is 10.9. The number of fused-ring (bicyclic) bond motifs is 1. The average molecular weight is 289 g/mol. The van der Waals surface area contributed by atoms with E-state index in [1.807, 2.05) is 36.4 Å². The molecule has 0 fully saturated rings. The maximum absolute atomic E-state index is 6.61. The van der Waals surface area contributed by atoms with Gasteiger partial charge in [0.2, 0.25) is 0 Å². The van der Waals surface area contributed by atoms with E-state index in [9.17, 15) is 0 Å². The minimum Gasteiger partial charge on any atom is -0.497 e. The standard InChI is InChI=1S/C17H17ClO2/c1-19-15-6-2-4-13(11-15)17(18)14-7-8-16-12(10-14)5-3-9-20-16/h2,4,6-8,10-11,17H,3,5,9H2,1H3. The molecule has 1 aliphatic heterocycles. The van der Waals surface area contributed by atoms with Gasteiger partial charge in [0.25, 0.3) is 0 Å². The van der Waals surface area contributed by atoms with Gasteiger partial charge in [0.15, 0.2) is 0 Å². The predicted molar refractivity (Wildman–Crippen MR) is 80.9 cm³/mol. The molecule has 0 saturated carbocycles. The second-order valence-electron chi connectivity index (χ2n) is 4.96. The second-order valence-corrected chi connectivity index (χ2v) is 5.39. The van der Waals surface area contributed by atoms with Gasteiger partial charge in [-0.15, -0.1) is 11.6 Å². The molecule has 3 heteroatoms. The fourth-order valence-electron chi connectivity index (χ4n) is 2.53. The van der Waals surface area contributed by atoms with Crippen molar-refractivity contribution in [2.45, 2.75) is 18.2 Å². The molecule has 0 aliphatic carbocycles. The van der Waals surface area contributed by atoms with Gasteiger partial charge in [-0.1, -0.05) is 24.3 Å². The molecule has 1 heterocycles. The van der Waals surface area contributed by atoms with Gasteiger partial charge >= 0.3 is 0 Å². The number of halogens is 1. The van der Waals surface area contributed by atoms with Crippen molar-refractivity contribution in [3.8, 4) is 11.5 Å². The van der Waals surface area contributed by atoms with Crippen LogP contribution < -0.4 is 9.47 Å². The van der Waals surface area contributed by atoms with Gasteiger partial charge in [0.1, 0.15) is 11.5 Å². The van der Waals surface area contributed by atoms with Crippen LogP contribution >= 0.6 is 11.6 Å². The van der Waals surface area contributed by atoms with Gasteiger partial charge in [-0.2, -0.15) is 0 Å². The molecule has 0 spiro atoms. The molecule has 0 N–H and O–H groups in total. The number of methoxy groups -OCH3 is 1. The topological polar surface area (TPSA) is 18.5 Å². The lowest BCUT2D eigenvalue weighted by Crippen LogP contribution is -2.09. The van der Waals surface area contributed by atoms with Crippen LogP contribution in [0.4, 0.5) is 0 Å². The Morgan fingerprint density at radius 3 is 2.85 bits per heavy atom. The van der Waals surface area contributed by atoms with Crippen molar-refractivity contribution in [3.63, 3.8) is 0 Å². The van der Waals surface area contributed by atoms with Gasteiger partial charge < -0.3 is 9.47 Å². The van der Waals surface area contributed by atoms with Gasteiger partial charge in [-0.05, 0) is 47.7 Å². The highest BCUT2D eigenvalue weighted by Crippen LogP contribution is 2.34. The molecule has 2 aromatic rings. The molecule has 0 radical (unpaired) electrons. The van der Waals surface area contributed by atoms with Crippen LogP contribution in [-0.4, -0.2) is 13.7 Å². The molecule has 1 aliphatic rings. The van der Waals surface area contributed by atoms with Gasteiger partial charge in [0, 0.05) is 0 Å². The summed E-state index contributed by atoms with van der Waals surface area (Å²) in [6.45, 7) is 0.812. The third kappa shape index (κ3) is 2.61. The monoisotopic (exact) mass is 288 g/mol. The fourth-order valence-corrected chi connectivity index (χ4v) is 2.80. The van der Waals surface area contributed by atoms with Crippen LogP contribution in [0.1, 0.15) is 28.5 Å². The highest BCUT2D eigenvalue weighted by molar-refractivity contribution is 6.22. The first-order valence-corrected chi connectivity index (χ1v) is 7.25. The van der Waals surface area contributed by atoms with E-state index in [2.05, 4.69) is 6.07 Å². The summed E-state index contributed by atoms with van der Waals surface area (Å²) in [5.41, 5.74) is 3.40. The van der Waals surface area contributed by atoms with Crippen molar-refractivity contribution in [2.75, 3.05) is 13.7 Å². The number of alkyl halides is 1. The lowest BCUT2D eigenvalue weighted by atomic mass is 9.98. The van der Waals surface area contributed by atoms with E-state index < -0.39 is 0 Å². The summed E-state index contributed by atoms with van der Waals surface area (Å²) in [5, 5.41) is -0.169. The van der Waals surface area contributed by atoms with Crippen LogP contribution in [0.5, 0.6) is 11.5 Å². The van der Waals surface area contributed by atoms with Crippen LogP contribution in [0.25, 0.3) is 0 Å². The highest BCUT2D eigenvalue weighted by Gasteiger charge is 2.16. The van der Waals surface area contributed by atoms with Crippen LogP contribution in [-0.2, 0) is 6.42 Å². The second kappa shape index (κ2) is 5.76. The van der Waals surface area contributed by atoms with Crippen molar-refractivity contribution in [2.24, 2.45) is 0 Å². The molecule has 0 saturated heterocycles. The van der Waals surface area contributed by atoms with Crippen LogP contribution in [0.2, 0.25) is 0 Å². The fraction of sp³-hybridized carbons (Fsp3) is 0.294. The summed E-state index contributed by atoms with van der Waals surface area (Å²) in [4.78, 5) is 0. The summed E-state index contributed by atoms with van der Waals surface area (Å²) in [7, 11) is 1.67. The maximum Gasteiger partial charge on any atom is 0.122 e. The predicted octanol–water partition coefficient (Wildman–Crippen LogP) is 4.35. The molecule has 0 aromatic heterocycles. The zero-order valence-electron chi connectivity index (χ0n) is 11.4. The van der Waals surface area contributed by atoms with E-state index >= 15 is 0 Å². The summed E-state index contributed by atoms with van der Waals surface area (Å²) in [6, 6.07) is 14.1. The number of benzene rings is 2. The molecule has 2 nitrogen and oxygen atoms in total. The molecule has 20 heavy (non-hydrogen) atoms. The Labute approximate surface area is 124 Å². The molecular formula is C17H17ClO2. The lowest BCUT2D eigenvalue weighted by Gasteiger charge is -2.19. The number of hydrogen-bond acceptors (Lipinski definition) is 2. The average Bonchev–Trinajstić information content (AvgIpc) is 2.53. The van der Waals surface area contributed by atoms with Crippen molar-refractivity contribution in [1.82, 2.24) is 0 Å². The molecule has 3 rings (SSSR count). The Balaban J connectivity index is 1.91. The number of aryl methyl sites for hydroxylation is 1. The smallest absolute Gasteiger partial charge is 0.122 e. The SMILES string of the molecule is COc1cccc(C(Cl)c2ccc3c(c2)CCCO3)c1. The van der Waals surface area contributed by atoms with Crippen LogP contribution in [0.15, 0.2) is 42.5 Å². The first-order valence-electron chi connectivity index (χ1n) is 6.81. The molecule has 2 aromatic carbocycles. The zero-order chi connectivity index (χ0) is 13.9. The van der Waals surface area contributed by atoms with Crippen molar-refractivity contribution < 1.29 is 9.47 Å². The van der Waals surface area contributed by atoms with Crippen molar-refractivity contribution >= 4 is 11.6 Å². The van der Waals surface area contributed by atoms with E-state index in [1.165, 1.54) is 5.56 Å². The van der Waals surface area contributed by atoms with Gasteiger partial charge in [-0.25, -0.2) is 0 Å². The van der Waals surface area contributed by atoms with E-state index in [1.54, 1.807) is 7.11 Å². The minimum atomic E-state index is -0.169. The van der Waals surface area contributed by atoms with Crippen molar-refractivity contribution in [1.29, 1.82) is 0 Å². The number of ether oxygens (including phenoxy) is 2. The third-order valence-electron chi connectivity index (χ3n) is 3.61. The highest BCUT2D eigenvalue weighted by atomic mass is 35.5. The Morgan fingerprint density at radius 2 is 2.00 bits per heavy atom. The lowest BCUT2D eigenvalue weighted by molar-refractivity contribution is 0.288. The van der Waals surface area contributed by atoms with Gasteiger partial charge in [-0.3, -0.25) is 0 Å². The minimum absolute atomic E-state index is 0.169. The molecule has 104 valence electrons. The summed E-state index contributed by atoms with van der Waals surface area (Å²) in [6.07, 6.45) is 2.13. The molecular weight excluding hydrogens is 272 g/mol. The maximum atomic E-state index is 6.61. The molecule has 0 amide bonds. The quantitative estimate of drug-likeness (QED) is 0.782. The first-order chi connectivity index (χ1) is 9.78. The Hall–Kier alpha value is -1.67. The van der Waals surface area contributed by atoms with Gasteiger partial charge in [0.05, 0.1) is 19.1 Å². The Morgan fingerprint density at radius 1 is 1.15 bits per heavy atom. The summed E-state index contributed by atoms with van der Waals surface area (Å²) in [5.74, 6) is 1.82. The van der Waals surface area contributed by atoms with E-state index in [-0.39, 0.29) is 5.38 Å². The van der Waals surface area contributed by atoms with E-state index in [4.69, 9.17) is 21.1 Å². The van der Waals surface area contributed by atoms with Crippen LogP contribution in [0, 0.1) is 0 Å². The first kappa shape index (κ1) is 13.3. The largest absolute Gasteiger partial charge is 0.497 e. The zero-order valence-corrected chi connectivity index (χ0v) is 12.2. The number of hydrogen-bond donors (Lipinski definition) is 0. The van der Waals surface area contributed by atoms with Crippen LogP contribution in [0.3, 0.4) is 0 Å². The molecule has 0 bridgehead atoms. The normalized spacial score (nSPS) is 15.1. The Kier molecular flexibility index (Phi) is 3.83. The van der Waals surface area contributed by atoms with E-state index in [0.29, 0.717) is 0 Å². The molecule has 1 unspecified atom stereocenters. The Bertz CT molecular complexity index is 610. The summed E-state index contributed by atoms with van der Waals surface area (Å²) >= 11 is 6.61. The van der Waals surface area contributed by atoms with Crippen molar-refractivity contribution in [3.05, 3.63) is 59.2 Å². The number of rotatable bonds is 3. The van der Waals surface area contributed by atoms with E-state index in [0.717, 1.165) is 42.1 Å². The molecule has 1 atom stereocenters.